The Kier molecular flexibility index (Phi) is 4.52. The van der Waals surface area contributed by atoms with Crippen molar-refractivity contribution in [3.8, 4) is 0 Å². The van der Waals surface area contributed by atoms with Gasteiger partial charge in [-0.15, -0.1) is 11.8 Å². The lowest BCUT2D eigenvalue weighted by atomic mass is 10.3. The molecule has 0 saturated carbocycles. The van der Waals surface area contributed by atoms with E-state index in [2.05, 4.69) is 5.32 Å². The van der Waals surface area contributed by atoms with Gasteiger partial charge in [-0.1, -0.05) is 12.1 Å². The van der Waals surface area contributed by atoms with Gasteiger partial charge in [0, 0.05) is 10.6 Å². The molecule has 5 heteroatoms. The highest BCUT2D eigenvalue weighted by Crippen LogP contribution is 2.21. The van der Waals surface area contributed by atoms with Gasteiger partial charge in [0.25, 0.3) is 0 Å². The molecule has 0 unspecified atom stereocenters. The van der Waals surface area contributed by atoms with Crippen LogP contribution in [0.4, 0.5) is 14.5 Å². The van der Waals surface area contributed by atoms with Gasteiger partial charge in [0.2, 0.25) is 5.91 Å². The third kappa shape index (κ3) is 4.06. The minimum Gasteiger partial charge on any atom is -0.325 e. The average molecular weight is 279 g/mol. The van der Waals surface area contributed by atoms with Gasteiger partial charge >= 0.3 is 0 Å². The van der Waals surface area contributed by atoms with Crippen LogP contribution in [0.2, 0.25) is 0 Å². The van der Waals surface area contributed by atoms with Gasteiger partial charge in [-0.3, -0.25) is 4.79 Å². The number of thioether (sulfide) groups is 1. The van der Waals surface area contributed by atoms with Crippen LogP contribution in [0.25, 0.3) is 0 Å². The fourth-order valence-electron chi connectivity index (χ4n) is 1.44. The topological polar surface area (TPSA) is 29.1 Å². The SMILES string of the molecule is O=C(CSc1ccccc1F)Nc1ccc(F)cc1. The number of amides is 1. The highest BCUT2D eigenvalue weighted by atomic mass is 32.2. The van der Waals surface area contributed by atoms with Gasteiger partial charge in [-0.05, 0) is 36.4 Å². The summed E-state index contributed by atoms with van der Waals surface area (Å²) in [5, 5.41) is 2.61. The van der Waals surface area contributed by atoms with Crippen molar-refractivity contribution < 1.29 is 13.6 Å². The Morgan fingerprint density at radius 1 is 1.05 bits per heavy atom. The van der Waals surface area contributed by atoms with Gasteiger partial charge in [0.1, 0.15) is 11.6 Å². The molecule has 0 spiro atoms. The van der Waals surface area contributed by atoms with Crippen LogP contribution < -0.4 is 5.32 Å². The Balaban J connectivity index is 1.88. The van der Waals surface area contributed by atoms with Crippen molar-refractivity contribution in [2.75, 3.05) is 11.1 Å². The lowest BCUT2D eigenvalue weighted by molar-refractivity contribution is -0.113. The summed E-state index contributed by atoms with van der Waals surface area (Å²) in [5.41, 5.74) is 0.514. The maximum Gasteiger partial charge on any atom is 0.234 e. The zero-order valence-corrected chi connectivity index (χ0v) is 10.7. The lowest BCUT2D eigenvalue weighted by Crippen LogP contribution is -2.14. The highest BCUT2D eigenvalue weighted by molar-refractivity contribution is 8.00. The van der Waals surface area contributed by atoms with E-state index in [1.54, 1.807) is 18.2 Å². The number of halogens is 2. The first kappa shape index (κ1) is 13.5. The van der Waals surface area contributed by atoms with E-state index in [1.165, 1.54) is 30.3 Å². The van der Waals surface area contributed by atoms with Crippen molar-refractivity contribution in [3.63, 3.8) is 0 Å². The predicted octanol–water partition coefficient (Wildman–Crippen LogP) is 3.70. The minimum absolute atomic E-state index is 0.0955. The van der Waals surface area contributed by atoms with E-state index in [9.17, 15) is 13.6 Å². The van der Waals surface area contributed by atoms with Gasteiger partial charge in [-0.2, -0.15) is 0 Å². The van der Waals surface area contributed by atoms with Crippen LogP contribution in [0.15, 0.2) is 53.4 Å². The van der Waals surface area contributed by atoms with Crippen molar-refractivity contribution >= 4 is 23.4 Å². The van der Waals surface area contributed by atoms with Crippen LogP contribution in [-0.2, 0) is 4.79 Å². The Hall–Kier alpha value is -1.88. The van der Waals surface area contributed by atoms with Crippen LogP contribution in [0.5, 0.6) is 0 Å². The van der Waals surface area contributed by atoms with Crippen molar-refractivity contribution in [1.29, 1.82) is 0 Å². The Labute approximate surface area is 113 Å². The highest BCUT2D eigenvalue weighted by Gasteiger charge is 2.06. The first-order valence-corrected chi connectivity index (χ1v) is 6.56. The van der Waals surface area contributed by atoms with E-state index >= 15 is 0 Å². The molecule has 98 valence electrons. The summed E-state index contributed by atoms with van der Waals surface area (Å²) < 4.78 is 26.0. The molecule has 0 aliphatic heterocycles. The molecule has 1 N–H and O–H groups in total. The molecule has 2 nitrogen and oxygen atoms in total. The van der Waals surface area contributed by atoms with Crippen molar-refractivity contribution in [1.82, 2.24) is 0 Å². The first-order chi connectivity index (χ1) is 9.15. The van der Waals surface area contributed by atoms with Crippen molar-refractivity contribution in [3.05, 3.63) is 60.2 Å². The monoisotopic (exact) mass is 279 g/mol. The quantitative estimate of drug-likeness (QED) is 0.865. The van der Waals surface area contributed by atoms with E-state index in [0.29, 0.717) is 10.6 Å². The molecule has 0 bridgehead atoms. The Morgan fingerprint density at radius 2 is 1.74 bits per heavy atom. The van der Waals surface area contributed by atoms with Crippen molar-refractivity contribution in [2.45, 2.75) is 4.90 Å². The molecule has 2 rings (SSSR count). The van der Waals surface area contributed by atoms with E-state index in [0.717, 1.165) is 11.8 Å². The van der Waals surface area contributed by atoms with Gasteiger partial charge in [0.15, 0.2) is 0 Å². The molecular weight excluding hydrogens is 268 g/mol. The summed E-state index contributed by atoms with van der Waals surface area (Å²) in [7, 11) is 0. The van der Waals surface area contributed by atoms with E-state index < -0.39 is 0 Å². The van der Waals surface area contributed by atoms with Gasteiger partial charge in [0.05, 0.1) is 5.75 Å². The zero-order chi connectivity index (χ0) is 13.7. The number of hydrogen-bond acceptors (Lipinski definition) is 2. The van der Waals surface area contributed by atoms with E-state index in [4.69, 9.17) is 0 Å². The number of nitrogens with one attached hydrogen (secondary N) is 1. The number of anilines is 1. The molecule has 0 aliphatic carbocycles. The maximum absolute atomic E-state index is 13.3. The van der Waals surface area contributed by atoms with Gasteiger partial charge < -0.3 is 5.32 Å². The average Bonchev–Trinajstić information content (AvgIpc) is 2.40. The van der Waals surface area contributed by atoms with Crippen LogP contribution in [0.3, 0.4) is 0 Å². The van der Waals surface area contributed by atoms with Crippen LogP contribution in [-0.4, -0.2) is 11.7 Å². The number of rotatable bonds is 4. The Morgan fingerprint density at radius 3 is 2.42 bits per heavy atom. The number of carbonyl (C=O) groups excluding carboxylic acids is 1. The summed E-state index contributed by atoms with van der Waals surface area (Å²) >= 11 is 1.12. The predicted molar refractivity (Wildman–Crippen MR) is 72.2 cm³/mol. The molecule has 0 fully saturated rings. The molecule has 0 heterocycles. The molecule has 0 atom stereocenters. The van der Waals surface area contributed by atoms with Crippen LogP contribution >= 0.6 is 11.8 Å². The smallest absolute Gasteiger partial charge is 0.234 e. The van der Waals surface area contributed by atoms with E-state index in [1.807, 2.05) is 0 Å². The molecule has 19 heavy (non-hydrogen) atoms. The number of benzene rings is 2. The second kappa shape index (κ2) is 6.33. The number of hydrogen-bond donors (Lipinski definition) is 1. The Bertz CT molecular complexity index is 572. The van der Waals surface area contributed by atoms with Crippen LogP contribution in [0, 0.1) is 11.6 Å². The third-order valence-electron chi connectivity index (χ3n) is 2.32. The van der Waals surface area contributed by atoms with E-state index in [-0.39, 0.29) is 23.3 Å². The summed E-state index contributed by atoms with van der Waals surface area (Å²) in [6.45, 7) is 0. The molecule has 0 radical (unpaired) electrons. The third-order valence-corrected chi connectivity index (χ3v) is 3.37. The zero-order valence-electron chi connectivity index (χ0n) is 9.90. The first-order valence-electron chi connectivity index (χ1n) is 5.58. The molecule has 0 aromatic heterocycles. The van der Waals surface area contributed by atoms with Crippen LogP contribution in [0.1, 0.15) is 0 Å². The second-order valence-corrected chi connectivity index (χ2v) is 4.79. The molecule has 1 amide bonds. The normalized spacial score (nSPS) is 10.2. The fourth-order valence-corrected chi connectivity index (χ4v) is 2.17. The summed E-state index contributed by atoms with van der Waals surface area (Å²) in [6.07, 6.45) is 0. The minimum atomic E-state index is -0.362. The molecule has 2 aromatic carbocycles. The maximum atomic E-state index is 13.3. The number of carbonyl (C=O) groups is 1. The molecular formula is C14H11F2NOS. The molecule has 0 aliphatic rings. The lowest BCUT2D eigenvalue weighted by Gasteiger charge is -2.05. The van der Waals surface area contributed by atoms with Crippen molar-refractivity contribution in [2.24, 2.45) is 0 Å². The summed E-state index contributed by atoms with van der Waals surface area (Å²) in [6, 6.07) is 11.7. The second-order valence-electron chi connectivity index (χ2n) is 3.77. The summed E-state index contributed by atoms with van der Waals surface area (Å²) in [5.74, 6) is -0.876. The standard InChI is InChI=1S/C14H11F2NOS/c15-10-5-7-11(8-6-10)17-14(18)9-19-13-4-2-1-3-12(13)16/h1-8H,9H2,(H,17,18). The summed E-state index contributed by atoms with van der Waals surface area (Å²) in [4.78, 5) is 12.1. The fraction of sp³-hybridized carbons (Fsp3) is 0.0714. The molecule has 2 aromatic rings. The molecule has 0 saturated heterocycles. The largest absolute Gasteiger partial charge is 0.325 e. The van der Waals surface area contributed by atoms with Gasteiger partial charge in [-0.25, -0.2) is 8.78 Å².